The van der Waals surface area contributed by atoms with Gasteiger partial charge >= 0.3 is 0 Å². The molecule has 4 rings (SSSR count). The molecular formula is C21H30N6O3S. The summed E-state index contributed by atoms with van der Waals surface area (Å²) in [4.78, 5) is 24.1. The van der Waals surface area contributed by atoms with Gasteiger partial charge < -0.3 is 4.90 Å². The smallest absolute Gasteiger partial charge is 0.257 e. The van der Waals surface area contributed by atoms with Crippen LogP contribution in [0.3, 0.4) is 0 Å². The quantitative estimate of drug-likeness (QED) is 0.771. The van der Waals surface area contributed by atoms with E-state index in [0.717, 1.165) is 45.2 Å². The maximum Gasteiger partial charge on any atom is 0.257 e. The van der Waals surface area contributed by atoms with Gasteiger partial charge in [-0.05, 0) is 52.9 Å². The number of aromatic amines is 1. The molecule has 2 saturated heterocycles. The van der Waals surface area contributed by atoms with Gasteiger partial charge in [0.1, 0.15) is 10.7 Å². The van der Waals surface area contributed by atoms with E-state index in [1.807, 2.05) is 11.8 Å². The predicted molar refractivity (Wildman–Crippen MR) is 115 cm³/mol. The number of amides is 1. The number of carbonyl (C=O) groups is 1. The van der Waals surface area contributed by atoms with Gasteiger partial charge in [-0.15, -0.1) is 0 Å². The summed E-state index contributed by atoms with van der Waals surface area (Å²) in [5, 5.41) is 6.80. The van der Waals surface area contributed by atoms with Crippen LogP contribution in [-0.2, 0) is 10.0 Å². The van der Waals surface area contributed by atoms with Crippen LogP contribution in [0.4, 0.5) is 0 Å². The molecule has 0 unspecified atom stereocenters. The SMILES string of the molecule is Cc1nc([C@H]2CCCN(S(=O)(=O)c3c(C)n[nH]c3C)C2)ncc1C(=O)N1CCCCC1. The number of piperidine rings is 2. The first-order chi connectivity index (χ1) is 14.8. The van der Waals surface area contributed by atoms with Gasteiger partial charge in [0.2, 0.25) is 10.0 Å². The molecule has 31 heavy (non-hydrogen) atoms. The Kier molecular flexibility index (Phi) is 6.11. The lowest BCUT2D eigenvalue weighted by Gasteiger charge is -2.31. The fraction of sp³-hybridized carbons (Fsp3) is 0.619. The molecule has 9 nitrogen and oxygen atoms in total. The van der Waals surface area contributed by atoms with Crippen molar-refractivity contribution in [1.82, 2.24) is 29.4 Å². The Morgan fingerprint density at radius 2 is 1.81 bits per heavy atom. The molecule has 0 saturated carbocycles. The summed E-state index contributed by atoms with van der Waals surface area (Å²) >= 11 is 0. The summed E-state index contributed by atoms with van der Waals surface area (Å²) in [6, 6.07) is 0. The molecule has 2 fully saturated rings. The van der Waals surface area contributed by atoms with Crippen LogP contribution in [0.2, 0.25) is 0 Å². The van der Waals surface area contributed by atoms with E-state index in [4.69, 9.17) is 0 Å². The molecule has 0 aliphatic carbocycles. The molecule has 10 heteroatoms. The highest BCUT2D eigenvalue weighted by Gasteiger charge is 2.35. The Hall–Kier alpha value is -2.33. The van der Waals surface area contributed by atoms with Gasteiger partial charge in [-0.25, -0.2) is 18.4 Å². The number of likely N-dealkylation sites (tertiary alicyclic amines) is 1. The number of carbonyl (C=O) groups excluding carboxylic acids is 1. The van der Waals surface area contributed by atoms with E-state index in [1.54, 1.807) is 20.0 Å². The fourth-order valence-corrected chi connectivity index (χ4v) is 6.44. The van der Waals surface area contributed by atoms with Crippen LogP contribution in [0.15, 0.2) is 11.1 Å². The molecule has 0 spiro atoms. The summed E-state index contributed by atoms with van der Waals surface area (Å²) < 4.78 is 28.0. The average Bonchev–Trinajstić information content (AvgIpc) is 3.12. The van der Waals surface area contributed by atoms with Gasteiger partial charge in [0, 0.05) is 38.3 Å². The van der Waals surface area contributed by atoms with E-state index in [0.29, 0.717) is 41.6 Å². The normalized spacial score (nSPS) is 20.7. The van der Waals surface area contributed by atoms with Gasteiger partial charge in [-0.2, -0.15) is 9.40 Å². The van der Waals surface area contributed by atoms with Crippen molar-refractivity contribution in [3.63, 3.8) is 0 Å². The van der Waals surface area contributed by atoms with Crippen molar-refractivity contribution in [3.05, 3.63) is 34.7 Å². The number of nitrogens with one attached hydrogen (secondary N) is 1. The predicted octanol–water partition coefficient (Wildman–Crippen LogP) is 2.32. The Labute approximate surface area is 183 Å². The lowest BCUT2D eigenvalue weighted by atomic mass is 9.98. The largest absolute Gasteiger partial charge is 0.339 e. The van der Waals surface area contributed by atoms with Crippen LogP contribution in [0.1, 0.15) is 71.3 Å². The minimum Gasteiger partial charge on any atom is -0.339 e. The van der Waals surface area contributed by atoms with Crippen LogP contribution in [0, 0.1) is 20.8 Å². The number of aryl methyl sites for hydroxylation is 3. The summed E-state index contributed by atoms with van der Waals surface area (Å²) in [6.07, 6.45) is 6.39. The van der Waals surface area contributed by atoms with Gasteiger partial charge in [-0.3, -0.25) is 9.89 Å². The number of hydrogen-bond acceptors (Lipinski definition) is 6. The maximum absolute atomic E-state index is 13.2. The van der Waals surface area contributed by atoms with E-state index in [9.17, 15) is 13.2 Å². The second kappa shape index (κ2) is 8.66. The zero-order valence-corrected chi connectivity index (χ0v) is 19.2. The van der Waals surface area contributed by atoms with E-state index < -0.39 is 10.0 Å². The first kappa shape index (κ1) is 21.9. The third kappa shape index (κ3) is 4.23. The first-order valence-electron chi connectivity index (χ1n) is 10.9. The van der Waals surface area contributed by atoms with E-state index >= 15 is 0 Å². The van der Waals surface area contributed by atoms with E-state index in [2.05, 4.69) is 20.2 Å². The molecule has 2 aromatic heterocycles. The standard InChI is InChI=1S/C21H30N6O3S/c1-14-18(21(28)26-9-5-4-6-10-26)12-22-20(23-14)17-8-7-11-27(13-17)31(29,30)19-15(2)24-25-16(19)3/h12,17H,4-11,13H2,1-3H3,(H,24,25)/t17-/m0/s1. The molecule has 4 heterocycles. The van der Waals surface area contributed by atoms with Gasteiger partial charge in [-0.1, -0.05) is 0 Å². The molecule has 1 amide bonds. The van der Waals surface area contributed by atoms with Crippen LogP contribution in [0.5, 0.6) is 0 Å². The Bertz CT molecular complexity index is 1060. The molecule has 1 atom stereocenters. The molecular weight excluding hydrogens is 416 g/mol. The molecule has 2 aliphatic rings. The van der Waals surface area contributed by atoms with Crippen LogP contribution in [-0.4, -0.2) is 69.9 Å². The number of nitrogens with zero attached hydrogens (tertiary/aromatic N) is 5. The summed E-state index contributed by atoms with van der Waals surface area (Å²) in [6.45, 7) is 7.60. The van der Waals surface area contributed by atoms with Gasteiger partial charge in [0.05, 0.1) is 22.6 Å². The second-order valence-electron chi connectivity index (χ2n) is 8.55. The lowest BCUT2D eigenvalue weighted by molar-refractivity contribution is 0.0722. The highest BCUT2D eigenvalue weighted by atomic mass is 32.2. The van der Waals surface area contributed by atoms with E-state index in [1.165, 1.54) is 4.31 Å². The zero-order chi connectivity index (χ0) is 22.2. The monoisotopic (exact) mass is 446 g/mol. The maximum atomic E-state index is 13.2. The number of aromatic nitrogens is 4. The second-order valence-corrected chi connectivity index (χ2v) is 10.4. The lowest BCUT2D eigenvalue weighted by Crippen LogP contribution is -2.40. The minimum absolute atomic E-state index is 0.0116. The first-order valence-corrected chi connectivity index (χ1v) is 12.4. The van der Waals surface area contributed by atoms with Crippen molar-refractivity contribution in [2.75, 3.05) is 26.2 Å². The van der Waals surface area contributed by atoms with Gasteiger partial charge in [0.25, 0.3) is 5.91 Å². The number of rotatable bonds is 4. The van der Waals surface area contributed by atoms with Crippen LogP contribution in [0.25, 0.3) is 0 Å². The third-order valence-corrected chi connectivity index (χ3v) is 8.41. The topological polar surface area (TPSA) is 112 Å². The van der Waals surface area contributed by atoms with Crippen molar-refractivity contribution in [3.8, 4) is 0 Å². The zero-order valence-electron chi connectivity index (χ0n) is 18.4. The molecule has 168 valence electrons. The molecule has 0 bridgehead atoms. The Morgan fingerprint density at radius 1 is 1.06 bits per heavy atom. The van der Waals surface area contributed by atoms with Crippen molar-refractivity contribution >= 4 is 15.9 Å². The van der Waals surface area contributed by atoms with Crippen molar-refractivity contribution in [2.24, 2.45) is 0 Å². The molecule has 0 radical (unpaired) electrons. The van der Waals surface area contributed by atoms with Crippen LogP contribution < -0.4 is 0 Å². The summed E-state index contributed by atoms with van der Waals surface area (Å²) in [7, 11) is -3.64. The van der Waals surface area contributed by atoms with Gasteiger partial charge in [0.15, 0.2) is 0 Å². The van der Waals surface area contributed by atoms with E-state index in [-0.39, 0.29) is 16.7 Å². The molecule has 1 N–H and O–H groups in total. The highest BCUT2D eigenvalue weighted by molar-refractivity contribution is 7.89. The molecule has 2 aliphatic heterocycles. The van der Waals surface area contributed by atoms with Crippen molar-refractivity contribution < 1.29 is 13.2 Å². The Morgan fingerprint density at radius 3 is 2.45 bits per heavy atom. The number of hydrogen-bond donors (Lipinski definition) is 1. The van der Waals surface area contributed by atoms with Crippen molar-refractivity contribution in [2.45, 2.75) is 63.7 Å². The Balaban J connectivity index is 1.53. The fourth-order valence-electron chi connectivity index (χ4n) is 4.58. The average molecular weight is 447 g/mol. The third-order valence-electron chi connectivity index (χ3n) is 6.28. The minimum atomic E-state index is -3.64. The molecule has 2 aromatic rings. The van der Waals surface area contributed by atoms with Crippen molar-refractivity contribution in [1.29, 1.82) is 0 Å². The summed E-state index contributed by atoms with van der Waals surface area (Å²) in [5.74, 6) is 0.490. The van der Waals surface area contributed by atoms with Crippen LogP contribution >= 0.6 is 0 Å². The molecule has 0 aromatic carbocycles. The summed E-state index contributed by atoms with van der Waals surface area (Å²) in [5.41, 5.74) is 2.22. The number of sulfonamides is 1. The highest BCUT2D eigenvalue weighted by Crippen LogP contribution is 2.30. The number of H-pyrrole nitrogens is 1.